The van der Waals surface area contributed by atoms with Gasteiger partial charge in [0.05, 0.1) is 0 Å². The van der Waals surface area contributed by atoms with Crippen molar-refractivity contribution in [2.24, 2.45) is 5.73 Å². The molecule has 0 heterocycles. The van der Waals surface area contributed by atoms with Gasteiger partial charge < -0.3 is 5.73 Å². The van der Waals surface area contributed by atoms with Crippen LogP contribution in [0.25, 0.3) is 0 Å². The molecule has 0 bridgehead atoms. The van der Waals surface area contributed by atoms with Crippen LogP contribution in [0.4, 0.5) is 4.53 Å². The Balaban J connectivity index is 4.07. The molecule has 0 amide bonds. The summed E-state index contributed by atoms with van der Waals surface area (Å²) in [5, 5.41) is 0. The molecule has 0 saturated carbocycles. The Hall–Kier alpha value is -1.25. The second-order valence-corrected chi connectivity index (χ2v) is 1.40. The molecule has 0 rings (SSSR count). The molecule has 0 aromatic rings. The quantitative estimate of drug-likeness (QED) is 0.462. The van der Waals surface area contributed by atoms with Crippen LogP contribution < -0.4 is 5.73 Å². The van der Waals surface area contributed by atoms with Gasteiger partial charge in [-0.25, -0.2) is 0 Å². The van der Waals surface area contributed by atoms with Crippen molar-refractivity contribution in [1.29, 1.82) is 0 Å². The van der Waals surface area contributed by atoms with Gasteiger partial charge in [-0.15, -0.1) is 0 Å². The van der Waals surface area contributed by atoms with Gasteiger partial charge in [-0.05, 0) is 6.08 Å². The summed E-state index contributed by atoms with van der Waals surface area (Å²) in [4.78, 5) is 3.31. The molecule has 2 N–H and O–H groups in total. The predicted molar refractivity (Wildman–Crippen MR) is 33.8 cm³/mol. The molecule has 0 atom stereocenters. The van der Waals surface area contributed by atoms with Crippen molar-refractivity contribution in [1.82, 2.24) is 0 Å². The molecular weight excluding hydrogens is 121 g/mol. The van der Waals surface area contributed by atoms with Crippen LogP contribution in [0.15, 0.2) is 36.8 Å². The van der Waals surface area contributed by atoms with E-state index in [9.17, 15) is 4.53 Å². The highest BCUT2D eigenvalue weighted by Crippen LogP contribution is 1.99. The first-order valence-corrected chi connectivity index (χ1v) is 2.27. The predicted octanol–water partition coefficient (Wildman–Crippen LogP) is 1.43. The first-order chi connectivity index (χ1) is 4.20. The van der Waals surface area contributed by atoms with Crippen molar-refractivity contribution < 1.29 is 9.47 Å². The average molecular weight is 129 g/mol. The lowest BCUT2D eigenvalue weighted by molar-refractivity contribution is -0.0765. The molecule has 50 valence electrons. The molecule has 0 aliphatic heterocycles. The van der Waals surface area contributed by atoms with Crippen LogP contribution in [-0.4, -0.2) is 0 Å². The highest BCUT2D eigenvalue weighted by molar-refractivity contribution is 5.20. The molecule has 9 heavy (non-hydrogen) atoms. The molecule has 2 nitrogen and oxygen atoms in total. The van der Waals surface area contributed by atoms with Gasteiger partial charge in [0, 0.05) is 16.3 Å². The normalized spacial score (nSPS) is 10.6. The molecule has 0 spiro atoms. The van der Waals surface area contributed by atoms with Gasteiger partial charge >= 0.3 is 0 Å². The SMILES string of the molecule is C=C/C(=C\C(=C)N)OF. The minimum Gasteiger partial charge on any atom is -0.399 e. The van der Waals surface area contributed by atoms with Crippen LogP contribution in [0.3, 0.4) is 0 Å². The Morgan fingerprint density at radius 3 is 2.33 bits per heavy atom. The second kappa shape index (κ2) is 3.72. The summed E-state index contributed by atoms with van der Waals surface area (Å²) in [6.07, 6.45) is 2.42. The van der Waals surface area contributed by atoms with Crippen LogP contribution in [0.2, 0.25) is 0 Å². The molecule has 0 fully saturated rings. The van der Waals surface area contributed by atoms with Gasteiger partial charge in [0.1, 0.15) is 0 Å². The van der Waals surface area contributed by atoms with Gasteiger partial charge in [-0.1, -0.05) is 13.2 Å². The number of hydrogen-bond acceptors (Lipinski definition) is 2. The summed E-state index contributed by atoms with van der Waals surface area (Å²) in [5.41, 5.74) is 5.30. The topological polar surface area (TPSA) is 35.2 Å². The summed E-state index contributed by atoms with van der Waals surface area (Å²) >= 11 is 0. The summed E-state index contributed by atoms with van der Waals surface area (Å²) in [5.74, 6) is -0.0394. The van der Waals surface area contributed by atoms with Gasteiger partial charge in [-0.3, -0.25) is 4.94 Å². The average Bonchev–Trinajstić information content (AvgIpc) is 1.82. The fourth-order valence-electron chi connectivity index (χ4n) is 0.295. The Bertz CT molecular complexity index is 151. The van der Waals surface area contributed by atoms with E-state index < -0.39 is 0 Å². The summed E-state index contributed by atoms with van der Waals surface area (Å²) in [6, 6.07) is 0. The van der Waals surface area contributed by atoms with Gasteiger partial charge in [0.2, 0.25) is 0 Å². The lowest BCUT2D eigenvalue weighted by Crippen LogP contribution is -1.91. The van der Waals surface area contributed by atoms with Crippen molar-refractivity contribution in [3.8, 4) is 0 Å². The van der Waals surface area contributed by atoms with E-state index in [1.54, 1.807) is 0 Å². The molecular formula is C6H8FNO. The largest absolute Gasteiger partial charge is 0.399 e. The number of nitrogens with two attached hydrogens (primary N) is 1. The van der Waals surface area contributed by atoms with Crippen molar-refractivity contribution in [3.05, 3.63) is 36.8 Å². The van der Waals surface area contributed by atoms with E-state index in [0.717, 1.165) is 0 Å². The molecule has 0 unspecified atom stereocenters. The van der Waals surface area contributed by atoms with Crippen molar-refractivity contribution in [2.75, 3.05) is 0 Å². The maximum atomic E-state index is 11.3. The number of allylic oxidation sites excluding steroid dienone is 2. The maximum absolute atomic E-state index is 11.3. The first kappa shape index (κ1) is 7.75. The maximum Gasteiger partial charge on any atom is 0.173 e. The summed E-state index contributed by atoms with van der Waals surface area (Å²) in [7, 11) is 0. The highest BCUT2D eigenvalue weighted by Gasteiger charge is 1.89. The standard InChI is InChI=1S/C6H8FNO/c1-3-6(9-7)4-5(2)8/h3-4H,1-2,8H2/b6-4+. The van der Waals surface area contributed by atoms with Crippen LogP contribution >= 0.6 is 0 Å². The Morgan fingerprint density at radius 2 is 2.22 bits per heavy atom. The molecule has 3 heteroatoms. The zero-order valence-corrected chi connectivity index (χ0v) is 4.93. The van der Waals surface area contributed by atoms with E-state index in [4.69, 9.17) is 5.73 Å². The molecule has 0 radical (unpaired) electrons. The van der Waals surface area contributed by atoms with Gasteiger partial charge in [0.15, 0.2) is 5.76 Å². The molecule has 0 aliphatic carbocycles. The van der Waals surface area contributed by atoms with E-state index in [-0.39, 0.29) is 11.5 Å². The lowest BCUT2D eigenvalue weighted by Gasteiger charge is -1.91. The Morgan fingerprint density at radius 1 is 1.67 bits per heavy atom. The van der Waals surface area contributed by atoms with Crippen molar-refractivity contribution in [3.63, 3.8) is 0 Å². The van der Waals surface area contributed by atoms with E-state index in [0.29, 0.717) is 0 Å². The van der Waals surface area contributed by atoms with Crippen molar-refractivity contribution in [2.45, 2.75) is 0 Å². The minimum absolute atomic E-state index is 0.0394. The fourth-order valence-corrected chi connectivity index (χ4v) is 0.295. The first-order valence-electron chi connectivity index (χ1n) is 2.27. The number of halogens is 1. The van der Waals surface area contributed by atoms with Gasteiger partial charge in [-0.2, -0.15) is 0 Å². The van der Waals surface area contributed by atoms with E-state index in [2.05, 4.69) is 18.1 Å². The number of hydrogen-bond donors (Lipinski definition) is 1. The fraction of sp³-hybridized carbons (Fsp3) is 0. The third kappa shape index (κ3) is 3.34. The number of rotatable bonds is 3. The highest BCUT2D eigenvalue weighted by atomic mass is 19.3. The monoisotopic (exact) mass is 129 g/mol. The van der Waals surface area contributed by atoms with E-state index >= 15 is 0 Å². The Kier molecular flexibility index (Phi) is 3.20. The van der Waals surface area contributed by atoms with Crippen molar-refractivity contribution >= 4 is 0 Å². The van der Waals surface area contributed by atoms with E-state index in [1.807, 2.05) is 0 Å². The summed E-state index contributed by atoms with van der Waals surface area (Å²) < 4.78 is 11.3. The zero-order chi connectivity index (χ0) is 7.28. The van der Waals surface area contributed by atoms with Crippen LogP contribution in [0.1, 0.15) is 0 Å². The smallest absolute Gasteiger partial charge is 0.173 e. The van der Waals surface area contributed by atoms with Crippen LogP contribution in [0, 0.1) is 0 Å². The van der Waals surface area contributed by atoms with Crippen LogP contribution in [-0.2, 0) is 4.94 Å². The molecule has 0 aromatic carbocycles. The zero-order valence-electron chi connectivity index (χ0n) is 4.93. The molecule has 0 saturated heterocycles. The third-order valence-corrected chi connectivity index (χ3v) is 0.618. The second-order valence-electron chi connectivity index (χ2n) is 1.40. The van der Waals surface area contributed by atoms with Crippen LogP contribution in [0.5, 0.6) is 0 Å². The van der Waals surface area contributed by atoms with Gasteiger partial charge in [0.25, 0.3) is 0 Å². The lowest BCUT2D eigenvalue weighted by atomic mass is 10.4. The van der Waals surface area contributed by atoms with E-state index in [1.165, 1.54) is 12.2 Å². The molecule has 0 aromatic heterocycles. The summed E-state index contributed by atoms with van der Waals surface area (Å²) in [6.45, 7) is 6.55. The third-order valence-electron chi connectivity index (χ3n) is 0.618. The minimum atomic E-state index is -0.0394. The molecule has 0 aliphatic rings. The Labute approximate surface area is 53.0 Å².